The molecule has 1 aliphatic rings. The number of hydrogen-bond acceptors (Lipinski definition) is 3. The topological polar surface area (TPSA) is 93.4 Å². The number of carboxylic acids is 1. The predicted octanol–water partition coefficient (Wildman–Crippen LogP) is 2.21. The van der Waals surface area contributed by atoms with Crippen molar-refractivity contribution >= 4 is 12.0 Å². The monoisotopic (exact) mass is 295 g/mol. The van der Waals surface area contributed by atoms with Crippen LogP contribution in [0.15, 0.2) is 0 Å². The molecule has 0 bridgehead atoms. The van der Waals surface area contributed by atoms with Crippen LogP contribution in [-0.2, 0) is 4.79 Å². The summed E-state index contributed by atoms with van der Waals surface area (Å²) in [5.41, 5.74) is -0.278. The van der Waals surface area contributed by atoms with E-state index in [9.17, 15) is 9.59 Å². The second kappa shape index (κ2) is 7.87. The summed E-state index contributed by atoms with van der Waals surface area (Å²) in [7, 11) is 0. The van der Waals surface area contributed by atoms with Gasteiger partial charge in [-0.2, -0.15) is 5.26 Å². The van der Waals surface area contributed by atoms with E-state index in [-0.39, 0.29) is 17.9 Å². The number of rotatable bonds is 8. The van der Waals surface area contributed by atoms with Gasteiger partial charge in [0.25, 0.3) is 0 Å². The molecular weight excluding hydrogens is 270 g/mol. The lowest BCUT2D eigenvalue weighted by atomic mass is 9.66. The number of nitrogens with one attached hydrogen (secondary N) is 1. The van der Waals surface area contributed by atoms with Gasteiger partial charge in [0.1, 0.15) is 0 Å². The average Bonchev–Trinajstić information content (AvgIpc) is 2.36. The molecule has 1 aliphatic carbocycles. The lowest BCUT2D eigenvalue weighted by molar-refractivity contribution is -0.141. The molecule has 0 radical (unpaired) electrons. The summed E-state index contributed by atoms with van der Waals surface area (Å²) < 4.78 is 0. The molecule has 0 saturated heterocycles. The maximum atomic E-state index is 12.2. The molecule has 0 aromatic heterocycles. The Hall–Kier alpha value is -1.77. The van der Waals surface area contributed by atoms with E-state index in [2.05, 4.69) is 5.32 Å². The van der Waals surface area contributed by atoms with Crippen LogP contribution in [0.3, 0.4) is 0 Å². The minimum Gasteiger partial charge on any atom is -0.481 e. The van der Waals surface area contributed by atoms with E-state index >= 15 is 0 Å². The highest BCUT2D eigenvalue weighted by molar-refractivity contribution is 5.74. The van der Waals surface area contributed by atoms with E-state index in [1.54, 1.807) is 4.90 Å². The van der Waals surface area contributed by atoms with E-state index in [4.69, 9.17) is 10.4 Å². The number of hydrogen-bond donors (Lipinski definition) is 2. The van der Waals surface area contributed by atoms with Crippen LogP contribution >= 0.6 is 0 Å². The van der Waals surface area contributed by atoms with E-state index in [0.29, 0.717) is 32.0 Å². The Morgan fingerprint density at radius 1 is 1.43 bits per heavy atom. The van der Waals surface area contributed by atoms with Gasteiger partial charge in [0.2, 0.25) is 0 Å². The number of carbonyl (C=O) groups is 2. The van der Waals surface area contributed by atoms with Crippen LogP contribution in [0.4, 0.5) is 4.79 Å². The second-order valence-electron chi connectivity index (χ2n) is 6.33. The van der Waals surface area contributed by atoms with Crippen LogP contribution in [0.2, 0.25) is 0 Å². The highest BCUT2D eigenvalue weighted by Gasteiger charge is 2.39. The van der Waals surface area contributed by atoms with Gasteiger partial charge < -0.3 is 15.3 Å². The fourth-order valence-electron chi connectivity index (χ4n) is 2.69. The summed E-state index contributed by atoms with van der Waals surface area (Å²) in [5.74, 6) is -0.487. The first-order valence-electron chi connectivity index (χ1n) is 7.50. The fourth-order valence-corrected chi connectivity index (χ4v) is 2.69. The van der Waals surface area contributed by atoms with Crippen LogP contribution in [0.1, 0.15) is 46.0 Å². The minimum absolute atomic E-state index is 0.107. The summed E-state index contributed by atoms with van der Waals surface area (Å²) in [6.45, 7) is 5.44. The number of nitriles is 1. The van der Waals surface area contributed by atoms with Gasteiger partial charge in [-0.05, 0) is 24.2 Å². The normalized spacial score (nSPS) is 15.9. The maximum absolute atomic E-state index is 12.2. The van der Waals surface area contributed by atoms with E-state index in [0.717, 1.165) is 19.3 Å². The Morgan fingerprint density at radius 3 is 2.52 bits per heavy atom. The van der Waals surface area contributed by atoms with Gasteiger partial charge in [0.15, 0.2) is 0 Å². The summed E-state index contributed by atoms with van der Waals surface area (Å²) in [6.07, 6.45) is 3.13. The van der Waals surface area contributed by atoms with Gasteiger partial charge >= 0.3 is 12.0 Å². The third kappa shape index (κ3) is 5.62. The molecule has 21 heavy (non-hydrogen) atoms. The Balaban J connectivity index is 2.52. The first-order valence-corrected chi connectivity index (χ1v) is 7.50. The Kier molecular flexibility index (Phi) is 6.47. The van der Waals surface area contributed by atoms with Crippen molar-refractivity contribution in [2.24, 2.45) is 11.3 Å². The lowest BCUT2D eigenvalue weighted by Crippen LogP contribution is -2.48. The van der Waals surface area contributed by atoms with Gasteiger partial charge in [-0.3, -0.25) is 4.79 Å². The predicted molar refractivity (Wildman–Crippen MR) is 78.6 cm³/mol. The van der Waals surface area contributed by atoms with Gasteiger partial charge in [0, 0.05) is 19.6 Å². The Bertz CT molecular complexity index is 411. The zero-order valence-electron chi connectivity index (χ0n) is 12.9. The molecule has 0 unspecified atom stereocenters. The van der Waals surface area contributed by atoms with Gasteiger partial charge in [-0.25, -0.2) is 4.79 Å². The first-order chi connectivity index (χ1) is 9.88. The van der Waals surface area contributed by atoms with E-state index < -0.39 is 5.97 Å². The summed E-state index contributed by atoms with van der Waals surface area (Å²) >= 11 is 0. The number of carbonyl (C=O) groups excluding carboxylic acids is 1. The zero-order valence-corrected chi connectivity index (χ0v) is 12.9. The lowest BCUT2D eigenvalue weighted by Gasteiger charge is -2.41. The van der Waals surface area contributed by atoms with Crippen molar-refractivity contribution in [1.29, 1.82) is 5.26 Å². The molecule has 1 fully saturated rings. The number of carboxylic acid groups (broad SMARTS) is 1. The van der Waals surface area contributed by atoms with Crippen molar-refractivity contribution in [3.8, 4) is 6.07 Å². The van der Waals surface area contributed by atoms with Crippen molar-refractivity contribution in [3.63, 3.8) is 0 Å². The highest BCUT2D eigenvalue weighted by atomic mass is 16.4. The number of aliphatic carboxylic acids is 1. The van der Waals surface area contributed by atoms with Gasteiger partial charge in [-0.15, -0.1) is 0 Å². The molecule has 1 rings (SSSR count). The van der Waals surface area contributed by atoms with Crippen molar-refractivity contribution in [3.05, 3.63) is 0 Å². The molecule has 2 amide bonds. The van der Waals surface area contributed by atoms with Crippen molar-refractivity contribution in [1.82, 2.24) is 10.2 Å². The molecule has 0 heterocycles. The van der Waals surface area contributed by atoms with Crippen molar-refractivity contribution in [2.75, 3.05) is 19.6 Å². The molecule has 118 valence electrons. The zero-order chi connectivity index (χ0) is 15.9. The first kappa shape index (κ1) is 17.3. The Labute approximate surface area is 126 Å². The average molecular weight is 295 g/mol. The minimum atomic E-state index is -0.813. The largest absolute Gasteiger partial charge is 0.481 e. The molecule has 6 heteroatoms. The Morgan fingerprint density at radius 2 is 2.10 bits per heavy atom. The van der Waals surface area contributed by atoms with Gasteiger partial charge in [0.05, 0.1) is 18.9 Å². The number of urea groups is 1. The summed E-state index contributed by atoms with van der Waals surface area (Å²) in [4.78, 5) is 24.8. The molecule has 6 nitrogen and oxygen atoms in total. The van der Waals surface area contributed by atoms with Crippen LogP contribution in [0, 0.1) is 22.7 Å². The van der Waals surface area contributed by atoms with E-state index in [1.807, 2.05) is 19.9 Å². The second-order valence-corrected chi connectivity index (χ2v) is 6.33. The van der Waals surface area contributed by atoms with Crippen LogP contribution < -0.4 is 5.32 Å². The van der Waals surface area contributed by atoms with Gasteiger partial charge in [-0.1, -0.05) is 20.3 Å². The highest BCUT2D eigenvalue weighted by Crippen LogP contribution is 2.43. The van der Waals surface area contributed by atoms with Crippen LogP contribution in [0.25, 0.3) is 0 Å². The molecule has 0 spiro atoms. The number of nitrogens with zero attached hydrogens (tertiary/aromatic N) is 2. The van der Waals surface area contributed by atoms with Crippen LogP contribution in [0.5, 0.6) is 0 Å². The summed E-state index contributed by atoms with van der Waals surface area (Å²) in [6, 6.07) is 1.85. The molecule has 0 aromatic carbocycles. The molecular formula is C15H25N3O3. The number of amides is 2. The smallest absolute Gasteiger partial charge is 0.317 e. The maximum Gasteiger partial charge on any atom is 0.317 e. The quantitative estimate of drug-likeness (QED) is 0.718. The third-order valence-electron chi connectivity index (χ3n) is 3.92. The van der Waals surface area contributed by atoms with E-state index in [1.165, 1.54) is 0 Å². The molecule has 0 atom stereocenters. The third-order valence-corrected chi connectivity index (χ3v) is 3.92. The molecule has 0 aliphatic heterocycles. The van der Waals surface area contributed by atoms with Crippen molar-refractivity contribution < 1.29 is 14.7 Å². The molecule has 1 saturated carbocycles. The van der Waals surface area contributed by atoms with Crippen LogP contribution in [-0.4, -0.2) is 41.6 Å². The fraction of sp³-hybridized carbons (Fsp3) is 0.800. The van der Waals surface area contributed by atoms with Crippen molar-refractivity contribution in [2.45, 2.75) is 46.0 Å². The molecule has 2 N–H and O–H groups in total. The SMILES string of the molecule is CC(C)CN(CCC#N)C(=O)NCC1(CC(=O)O)CCC1. The standard InChI is InChI=1S/C15H25N3O3/c1-12(2)10-18(8-4-7-16)14(21)17-11-15(5-3-6-15)9-13(19)20/h12H,3-6,8-11H2,1-2H3,(H,17,21)(H,19,20). The molecule has 0 aromatic rings. The summed E-state index contributed by atoms with van der Waals surface area (Å²) in [5, 5.41) is 20.5.